The number of hydrogen-bond acceptors (Lipinski definition) is 3. The maximum atomic E-state index is 11.2. The van der Waals surface area contributed by atoms with Crippen LogP contribution in [0.4, 0.5) is 0 Å². The molecule has 0 aromatic carbocycles. The van der Waals surface area contributed by atoms with Gasteiger partial charge in [-0.1, -0.05) is 13.8 Å². The Hall–Kier alpha value is -0.580. The predicted molar refractivity (Wildman–Crippen MR) is 45.8 cm³/mol. The highest BCUT2D eigenvalue weighted by atomic mass is 32.2. The van der Waals surface area contributed by atoms with Crippen LogP contribution in [-0.2, 0) is 14.6 Å². The predicted octanol–water partition coefficient (Wildman–Crippen LogP) is 0.674. The van der Waals surface area contributed by atoms with Gasteiger partial charge in [-0.2, -0.15) is 0 Å². The minimum atomic E-state index is -3.42. The quantitative estimate of drug-likeness (QED) is 0.698. The molecule has 0 atom stereocenters. The lowest BCUT2D eigenvalue weighted by atomic mass is 10.3. The number of carboxylic acids is 1. The first-order valence-electron chi connectivity index (χ1n) is 3.87. The van der Waals surface area contributed by atoms with Gasteiger partial charge in [0.2, 0.25) is 0 Å². The smallest absolute Gasteiger partial charge is 0.318 e. The first-order chi connectivity index (χ1) is 5.44. The summed E-state index contributed by atoms with van der Waals surface area (Å²) in [5.74, 6) is -2.03. The van der Waals surface area contributed by atoms with Gasteiger partial charge in [0.15, 0.2) is 9.84 Å². The van der Waals surface area contributed by atoms with Crippen molar-refractivity contribution < 1.29 is 18.3 Å². The van der Waals surface area contributed by atoms with Crippen molar-refractivity contribution in [3.8, 4) is 0 Å². The van der Waals surface area contributed by atoms with Crippen molar-refractivity contribution in [2.24, 2.45) is 0 Å². The van der Waals surface area contributed by atoms with Gasteiger partial charge in [-0.3, -0.25) is 4.79 Å². The summed E-state index contributed by atoms with van der Waals surface area (Å²) < 4.78 is 22.4. The number of aliphatic carboxylic acids is 1. The van der Waals surface area contributed by atoms with E-state index in [1.807, 2.05) is 0 Å². The Kier molecular flexibility index (Phi) is 4.23. The fraction of sp³-hybridized carbons (Fsp3) is 0.857. The summed E-state index contributed by atoms with van der Waals surface area (Å²) in [5.41, 5.74) is 0. The standard InChI is InChI=1S/C7H14O4S/c1-3-6(4-2)12(10,11)5-7(8)9/h6H,3-5H2,1-2H3,(H,8,9). The molecule has 0 heterocycles. The van der Waals surface area contributed by atoms with Crippen molar-refractivity contribution in [3.63, 3.8) is 0 Å². The Morgan fingerprint density at radius 1 is 1.33 bits per heavy atom. The molecule has 0 spiro atoms. The van der Waals surface area contributed by atoms with Crippen molar-refractivity contribution in [1.82, 2.24) is 0 Å². The van der Waals surface area contributed by atoms with E-state index in [9.17, 15) is 13.2 Å². The van der Waals surface area contributed by atoms with Crippen LogP contribution in [0.1, 0.15) is 26.7 Å². The molecule has 12 heavy (non-hydrogen) atoms. The van der Waals surface area contributed by atoms with E-state index in [1.165, 1.54) is 0 Å². The van der Waals surface area contributed by atoms with Crippen LogP contribution in [0.15, 0.2) is 0 Å². The molecule has 72 valence electrons. The molecular formula is C7H14O4S. The van der Waals surface area contributed by atoms with Crippen molar-refractivity contribution in [3.05, 3.63) is 0 Å². The van der Waals surface area contributed by atoms with Gasteiger partial charge in [-0.15, -0.1) is 0 Å². The highest BCUT2D eigenvalue weighted by Gasteiger charge is 2.24. The summed E-state index contributed by atoms with van der Waals surface area (Å²) >= 11 is 0. The first kappa shape index (κ1) is 11.4. The molecule has 0 aromatic rings. The Labute approximate surface area is 72.5 Å². The zero-order valence-corrected chi connectivity index (χ0v) is 8.10. The van der Waals surface area contributed by atoms with E-state index < -0.39 is 26.8 Å². The summed E-state index contributed by atoms with van der Waals surface area (Å²) in [4.78, 5) is 10.2. The van der Waals surface area contributed by atoms with E-state index in [4.69, 9.17) is 5.11 Å². The summed E-state index contributed by atoms with van der Waals surface area (Å²) in [5, 5.41) is 7.80. The van der Waals surface area contributed by atoms with E-state index in [-0.39, 0.29) is 0 Å². The maximum Gasteiger partial charge on any atom is 0.318 e. The molecule has 0 radical (unpaired) electrons. The number of carbonyl (C=O) groups is 1. The summed E-state index contributed by atoms with van der Waals surface area (Å²) in [6, 6.07) is 0. The average Bonchev–Trinajstić information content (AvgIpc) is 1.85. The lowest BCUT2D eigenvalue weighted by Crippen LogP contribution is -2.26. The first-order valence-corrected chi connectivity index (χ1v) is 5.59. The molecule has 0 aliphatic heterocycles. The van der Waals surface area contributed by atoms with Crippen LogP contribution in [0.5, 0.6) is 0 Å². The third kappa shape index (κ3) is 3.21. The summed E-state index contributed by atoms with van der Waals surface area (Å²) in [6.07, 6.45) is 0.957. The summed E-state index contributed by atoms with van der Waals surface area (Å²) in [6.45, 7) is 3.49. The van der Waals surface area contributed by atoms with E-state index in [2.05, 4.69) is 0 Å². The van der Waals surface area contributed by atoms with Gasteiger partial charge in [-0.05, 0) is 12.8 Å². The van der Waals surface area contributed by atoms with Crippen LogP contribution in [0, 0.1) is 0 Å². The van der Waals surface area contributed by atoms with Crippen molar-refractivity contribution in [2.75, 3.05) is 5.75 Å². The molecule has 0 aliphatic rings. The number of carboxylic acid groups (broad SMARTS) is 1. The molecule has 1 N–H and O–H groups in total. The van der Waals surface area contributed by atoms with Crippen molar-refractivity contribution in [2.45, 2.75) is 31.9 Å². The number of rotatable bonds is 5. The molecule has 0 unspecified atom stereocenters. The van der Waals surface area contributed by atoms with Crippen LogP contribution in [0.25, 0.3) is 0 Å². The third-order valence-corrected chi connectivity index (χ3v) is 4.07. The molecule has 0 aromatic heterocycles. The number of sulfone groups is 1. The van der Waals surface area contributed by atoms with Gasteiger partial charge in [-0.25, -0.2) is 8.42 Å². The minimum Gasteiger partial charge on any atom is -0.480 e. The second kappa shape index (κ2) is 4.45. The van der Waals surface area contributed by atoms with E-state index >= 15 is 0 Å². The monoisotopic (exact) mass is 194 g/mol. The lowest BCUT2D eigenvalue weighted by molar-refractivity contribution is -0.134. The normalized spacial score (nSPS) is 11.9. The van der Waals surface area contributed by atoms with Crippen molar-refractivity contribution >= 4 is 15.8 Å². The molecule has 4 nitrogen and oxygen atoms in total. The molecule has 5 heteroatoms. The topological polar surface area (TPSA) is 71.4 Å². The highest BCUT2D eigenvalue weighted by Crippen LogP contribution is 2.10. The molecule has 0 aliphatic carbocycles. The van der Waals surface area contributed by atoms with Gasteiger partial charge < -0.3 is 5.11 Å². The molecular weight excluding hydrogens is 180 g/mol. The second-order valence-corrected chi connectivity index (χ2v) is 4.92. The van der Waals surface area contributed by atoms with Crippen molar-refractivity contribution in [1.29, 1.82) is 0 Å². The van der Waals surface area contributed by atoms with E-state index in [0.29, 0.717) is 12.8 Å². The summed E-state index contributed by atoms with van der Waals surface area (Å²) in [7, 11) is -3.42. The highest BCUT2D eigenvalue weighted by molar-refractivity contribution is 7.92. The third-order valence-electron chi connectivity index (χ3n) is 1.74. The van der Waals surface area contributed by atoms with Crippen LogP contribution in [0.2, 0.25) is 0 Å². The fourth-order valence-electron chi connectivity index (χ4n) is 1.09. The van der Waals surface area contributed by atoms with Gasteiger partial charge in [0.1, 0.15) is 5.75 Å². The SMILES string of the molecule is CCC(CC)S(=O)(=O)CC(=O)O. The molecule has 0 amide bonds. The van der Waals surface area contributed by atoms with Gasteiger partial charge in [0.05, 0.1) is 5.25 Å². The van der Waals surface area contributed by atoms with Gasteiger partial charge in [0, 0.05) is 0 Å². The molecule has 0 rings (SSSR count). The molecule has 0 fully saturated rings. The second-order valence-electron chi connectivity index (χ2n) is 2.64. The molecule has 0 saturated heterocycles. The Bertz CT molecular complexity index is 238. The Balaban J connectivity index is 4.48. The largest absolute Gasteiger partial charge is 0.480 e. The number of hydrogen-bond donors (Lipinski definition) is 1. The van der Waals surface area contributed by atoms with Crippen LogP contribution >= 0.6 is 0 Å². The molecule has 0 bridgehead atoms. The van der Waals surface area contributed by atoms with E-state index in [0.717, 1.165) is 0 Å². The fourth-order valence-corrected chi connectivity index (χ4v) is 2.68. The zero-order valence-electron chi connectivity index (χ0n) is 7.28. The Morgan fingerprint density at radius 3 is 2.00 bits per heavy atom. The zero-order chi connectivity index (χ0) is 9.78. The lowest BCUT2D eigenvalue weighted by Gasteiger charge is -2.10. The van der Waals surface area contributed by atoms with Gasteiger partial charge >= 0.3 is 5.97 Å². The minimum absolute atomic E-state index is 0.478. The van der Waals surface area contributed by atoms with E-state index in [1.54, 1.807) is 13.8 Å². The van der Waals surface area contributed by atoms with Crippen LogP contribution in [0.3, 0.4) is 0 Å². The van der Waals surface area contributed by atoms with Gasteiger partial charge in [0.25, 0.3) is 0 Å². The average molecular weight is 194 g/mol. The van der Waals surface area contributed by atoms with Crippen LogP contribution < -0.4 is 0 Å². The maximum absolute atomic E-state index is 11.2. The Morgan fingerprint density at radius 2 is 1.75 bits per heavy atom. The molecule has 0 saturated carbocycles. The van der Waals surface area contributed by atoms with Crippen LogP contribution in [-0.4, -0.2) is 30.5 Å².